The summed E-state index contributed by atoms with van der Waals surface area (Å²) in [6, 6.07) is 24.1. The molecule has 0 aliphatic heterocycles. The van der Waals surface area contributed by atoms with E-state index in [9.17, 15) is 9.59 Å². The van der Waals surface area contributed by atoms with Gasteiger partial charge in [-0.3, -0.25) is 9.59 Å². The van der Waals surface area contributed by atoms with Gasteiger partial charge in [-0.05, 0) is 53.8 Å². The van der Waals surface area contributed by atoms with E-state index in [1.54, 1.807) is 23.1 Å². The molecule has 1 aliphatic carbocycles. The molecule has 4 nitrogen and oxygen atoms in total. The highest BCUT2D eigenvalue weighted by Crippen LogP contribution is 2.22. The molecule has 1 fully saturated rings. The van der Waals surface area contributed by atoms with Gasteiger partial charge in [0.2, 0.25) is 11.8 Å². The lowest BCUT2D eigenvalue weighted by atomic mass is 9.94. The fourth-order valence-corrected chi connectivity index (χ4v) is 5.28. The number of nitrogens with zero attached hydrogens (tertiary/aromatic N) is 1. The summed E-state index contributed by atoms with van der Waals surface area (Å²) in [5, 5.41) is 4.44. The molecule has 0 heterocycles. The average Bonchev–Trinajstić information content (AvgIpc) is 2.87. The quantitative estimate of drug-likeness (QED) is 0.343. The first-order chi connectivity index (χ1) is 17.5. The molecule has 0 unspecified atom stereocenters. The summed E-state index contributed by atoms with van der Waals surface area (Å²) < 4.78 is 0. The van der Waals surface area contributed by atoms with Crippen LogP contribution >= 0.6 is 23.2 Å². The molecule has 6 heteroatoms. The second-order valence-electron chi connectivity index (χ2n) is 9.51. The first kappa shape index (κ1) is 26.2. The van der Waals surface area contributed by atoms with Gasteiger partial charge in [0.05, 0.1) is 6.42 Å². The highest BCUT2D eigenvalue weighted by atomic mass is 35.5. The van der Waals surface area contributed by atoms with E-state index in [2.05, 4.69) is 5.32 Å². The van der Waals surface area contributed by atoms with Crippen LogP contribution in [0.15, 0.2) is 78.9 Å². The lowest BCUT2D eigenvalue weighted by Crippen LogP contribution is -2.53. The Morgan fingerprint density at radius 2 is 1.42 bits per heavy atom. The highest BCUT2D eigenvalue weighted by molar-refractivity contribution is 6.30. The number of carbonyl (C=O) groups excluding carboxylic acids is 2. The van der Waals surface area contributed by atoms with Crippen LogP contribution < -0.4 is 5.32 Å². The first-order valence-corrected chi connectivity index (χ1v) is 13.4. The lowest BCUT2D eigenvalue weighted by molar-refractivity contribution is -0.141. The van der Waals surface area contributed by atoms with Gasteiger partial charge in [-0.2, -0.15) is 0 Å². The van der Waals surface area contributed by atoms with Gasteiger partial charge in [-0.15, -0.1) is 0 Å². The third-order valence-corrected chi connectivity index (χ3v) is 7.18. The molecular formula is C30H32Cl2N2O2. The Kier molecular flexibility index (Phi) is 9.43. The number of halogens is 2. The molecule has 36 heavy (non-hydrogen) atoms. The predicted octanol–water partition coefficient (Wildman–Crippen LogP) is 6.62. The van der Waals surface area contributed by atoms with Gasteiger partial charge in [0.1, 0.15) is 6.04 Å². The van der Waals surface area contributed by atoms with Gasteiger partial charge in [0.25, 0.3) is 0 Å². The summed E-state index contributed by atoms with van der Waals surface area (Å²) >= 11 is 12.4. The summed E-state index contributed by atoms with van der Waals surface area (Å²) in [5.74, 6) is -0.232. The van der Waals surface area contributed by atoms with Gasteiger partial charge in [0.15, 0.2) is 0 Å². The zero-order valence-electron chi connectivity index (χ0n) is 20.3. The Hall–Kier alpha value is -2.82. The molecule has 0 spiro atoms. The van der Waals surface area contributed by atoms with Gasteiger partial charge in [-0.25, -0.2) is 0 Å². The first-order valence-electron chi connectivity index (χ1n) is 12.6. The largest absolute Gasteiger partial charge is 0.352 e. The minimum Gasteiger partial charge on any atom is -0.352 e. The number of rotatable bonds is 9. The number of hydrogen-bond acceptors (Lipinski definition) is 2. The van der Waals surface area contributed by atoms with Crippen molar-refractivity contribution in [1.82, 2.24) is 10.2 Å². The van der Waals surface area contributed by atoms with Crippen LogP contribution in [0, 0.1) is 0 Å². The molecular weight excluding hydrogens is 491 g/mol. The van der Waals surface area contributed by atoms with Crippen molar-refractivity contribution in [3.05, 3.63) is 106 Å². The molecule has 3 aromatic carbocycles. The third kappa shape index (κ3) is 7.59. The van der Waals surface area contributed by atoms with E-state index in [0.29, 0.717) is 16.5 Å². The number of benzene rings is 3. The highest BCUT2D eigenvalue weighted by Gasteiger charge is 2.32. The van der Waals surface area contributed by atoms with Gasteiger partial charge < -0.3 is 10.2 Å². The van der Waals surface area contributed by atoms with Gasteiger partial charge >= 0.3 is 0 Å². The van der Waals surface area contributed by atoms with Crippen LogP contribution in [0.4, 0.5) is 0 Å². The zero-order chi connectivity index (χ0) is 25.3. The molecule has 3 aromatic rings. The smallest absolute Gasteiger partial charge is 0.243 e. The summed E-state index contributed by atoms with van der Waals surface area (Å²) in [6.45, 7) is 0.287. The van der Waals surface area contributed by atoms with Crippen molar-refractivity contribution in [1.29, 1.82) is 0 Å². The molecule has 4 rings (SSSR count). The Morgan fingerprint density at radius 1 is 0.806 bits per heavy atom. The van der Waals surface area contributed by atoms with Crippen molar-refractivity contribution in [2.24, 2.45) is 0 Å². The molecule has 188 valence electrons. The predicted molar refractivity (Wildman–Crippen MR) is 146 cm³/mol. The van der Waals surface area contributed by atoms with Crippen molar-refractivity contribution < 1.29 is 9.59 Å². The molecule has 1 atom stereocenters. The van der Waals surface area contributed by atoms with Crippen LogP contribution in [0.5, 0.6) is 0 Å². The van der Waals surface area contributed by atoms with E-state index >= 15 is 0 Å². The SMILES string of the molecule is O=C(NC1CCCCC1)[C@@H](Cc1ccccc1)N(Cc1cccc(Cl)c1)C(=O)Cc1cccc(Cl)c1. The fourth-order valence-electron chi connectivity index (χ4n) is 4.85. The molecule has 0 radical (unpaired) electrons. The standard InChI is InChI=1S/C30H32Cl2N2O2/c31-25-13-7-11-23(17-25)20-29(35)34(21-24-12-8-14-26(32)18-24)28(19-22-9-3-1-4-10-22)30(36)33-27-15-5-2-6-16-27/h1,3-4,7-14,17-18,27-28H,2,5-6,15-16,19-21H2,(H,33,36)/t28-/m1/s1. The topological polar surface area (TPSA) is 49.4 Å². The molecule has 0 bridgehead atoms. The lowest BCUT2D eigenvalue weighted by Gasteiger charge is -2.33. The minimum absolute atomic E-state index is 0.104. The van der Waals surface area contributed by atoms with E-state index in [1.165, 1.54) is 6.42 Å². The van der Waals surface area contributed by atoms with Gasteiger partial charge in [0, 0.05) is 29.1 Å². The molecule has 1 N–H and O–H groups in total. The Labute approximate surface area is 223 Å². The van der Waals surface area contributed by atoms with Crippen LogP contribution in [0.3, 0.4) is 0 Å². The van der Waals surface area contributed by atoms with Gasteiger partial charge in [-0.1, -0.05) is 97.1 Å². The van der Waals surface area contributed by atoms with Crippen molar-refractivity contribution in [3.63, 3.8) is 0 Å². The maximum atomic E-state index is 13.8. The molecule has 1 aliphatic rings. The zero-order valence-corrected chi connectivity index (χ0v) is 21.8. The maximum Gasteiger partial charge on any atom is 0.243 e. The average molecular weight is 524 g/mol. The van der Waals surface area contributed by atoms with Crippen molar-refractivity contribution in [2.75, 3.05) is 0 Å². The van der Waals surface area contributed by atoms with Crippen LogP contribution in [-0.2, 0) is 29.0 Å². The van der Waals surface area contributed by atoms with Crippen molar-refractivity contribution in [2.45, 2.75) is 63.6 Å². The van der Waals surface area contributed by atoms with E-state index in [-0.39, 0.29) is 30.8 Å². The third-order valence-electron chi connectivity index (χ3n) is 6.71. The Morgan fingerprint density at radius 3 is 2.08 bits per heavy atom. The fraction of sp³-hybridized carbons (Fsp3) is 0.333. The summed E-state index contributed by atoms with van der Waals surface area (Å²) in [6.07, 6.45) is 5.99. The monoisotopic (exact) mass is 522 g/mol. The van der Waals surface area contributed by atoms with Crippen LogP contribution in [0.1, 0.15) is 48.8 Å². The minimum atomic E-state index is -0.653. The number of nitrogens with one attached hydrogen (secondary N) is 1. The van der Waals surface area contributed by atoms with E-state index in [1.807, 2.05) is 60.7 Å². The number of carbonyl (C=O) groups is 2. The summed E-state index contributed by atoms with van der Waals surface area (Å²) in [7, 11) is 0. The molecule has 1 saturated carbocycles. The molecule has 0 aromatic heterocycles. The van der Waals surface area contributed by atoms with Crippen molar-refractivity contribution >= 4 is 35.0 Å². The normalized spacial score (nSPS) is 14.7. The second kappa shape index (κ2) is 12.9. The van der Waals surface area contributed by atoms with Crippen LogP contribution in [0.2, 0.25) is 10.0 Å². The Balaban J connectivity index is 1.65. The van der Waals surface area contributed by atoms with Crippen LogP contribution in [-0.4, -0.2) is 28.8 Å². The number of hydrogen-bond donors (Lipinski definition) is 1. The summed E-state index contributed by atoms with van der Waals surface area (Å²) in [5.41, 5.74) is 2.70. The van der Waals surface area contributed by atoms with Crippen molar-refractivity contribution in [3.8, 4) is 0 Å². The maximum absolute atomic E-state index is 13.8. The van der Waals surface area contributed by atoms with E-state index in [4.69, 9.17) is 23.2 Å². The number of amides is 2. The van der Waals surface area contributed by atoms with E-state index < -0.39 is 6.04 Å². The Bertz CT molecular complexity index is 1160. The molecule has 2 amide bonds. The molecule has 0 saturated heterocycles. The second-order valence-corrected chi connectivity index (χ2v) is 10.4. The van der Waals surface area contributed by atoms with Crippen LogP contribution in [0.25, 0.3) is 0 Å². The summed E-state index contributed by atoms with van der Waals surface area (Å²) in [4.78, 5) is 29.3. The van der Waals surface area contributed by atoms with E-state index in [0.717, 1.165) is 42.4 Å².